The topological polar surface area (TPSA) is 58.4 Å². The Kier molecular flexibility index (Phi) is 5.46. The number of halogens is 1. The molecule has 3 rings (SSSR count). The molecule has 126 valence electrons. The number of hydrogen-bond acceptors (Lipinski definition) is 4. The summed E-state index contributed by atoms with van der Waals surface area (Å²) in [6.07, 6.45) is 2.96. The maximum atomic E-state index is 12.9. The van der Waals surface area contributed by atoms with E-state index in [1.54, 1.807) is 17.5 Å². The van der Waals surface area contributed by atoms with E-state index >= 15 is 0 Å². The lowest BCUT2D eigenvalue weighted by Crippen LogP contribution is -2.49. The average molecular weight is 357 g/mol. The Hall–Kier alpha value is -1.41. The van der Waals surface area contributed by atoms with Gasteiger partial charge in [-0.25, -0.2) is 8.42 Å². The van der Waals surface area contributed by atoms with E-state index in [9.17, 15) is 8.42 Å². The summed E-state index contributed by atoms with van der Waals surface area (Å²) in [7, 11) is 0.199. The molecule has 1 aliphatic rings. The average Bonchev–Trinajstić information content (AvgIpc) is 2.95. The van der Waals surface area contributed by atoms with Crippen molar-refractivity contribution in [2.75, 3.05) is 26.7 Å². The fourth-order valence-corrected chi connectivity index (χ4v) is 4.39. The first-order chi connectivity index (χ1) is 10.5. The molecule has 1 atom stereocenters. The second-order valence-corrected chi connectivity index (χ2v) is 7.54. The predicted octanol–water partition coefficient (Wildman–Crippen LogP) is 1.52. The molecule has 0 aliphatic carbocycles. The van der Waals surface area contributed by atoms with Gasteiger partial charge in [0.15, 0.2) is 0 Å². The summed E-state index contributed by atoms with van der Waals surface area (Å²) in [4.78, 5) is 2.41. The Morgan fingerprint density at radius 1 is 1.13 bits per heavy atom. The number of aromatic nitrogens is 2. The minimum Gasteiger partial charge on any atom is -0.303 e. The van der Waals surface area contributed by atoms with Gasteiger partial charge in [0, 0.05) is 32.9 Å². The standard InChI is InChI=1S/C15H20N4O2S.ClH/c1-17-8-9-19(15(12-17)13-6-4-3-5-7-13)22(20,21)14-10-16-18(2)11-14;/h3-7,10-11,15H,8-9,12H2,1-2H3;1H. The van der Waals surface area contributed by atoms with Crippen molar-refractivity contribution in [3.05, 3.63) is 48.3 Å². The summed E-state index contributed by atoms with van der Waals surface area (Å²) in [5.41, 5.74) is 1.02. The number of benzene rings is 1. The van der Waals surface area contributed by atoms with Crippen molar-refractivity contribution in [3.63, 3.8) is 0 Å². The molecule has 0 N–H and O–H groups in total. The van der Waals surface area contributed by atoms with E-state index in [1.165, 1.54) is 10.9 Å². The lowest BCUT2D eigenvalue weighted by molar-refractivity contribution is 0.160. The Labute approximate surface area is 143 Å². The molecule has 0 saturated carbocycles. The molecule has 1 aromatic carbocycles. The Bertz CT molecular complexity index is 748. The zero-order valence-electron chi connectivity index (χ0n) is 13.2. The third kappa shape index (κ3) is 3.58. The van der Waals surface area contributed by atoms with Crippen LogP contribution < -0.4 is 0 Å². The molecule has 0 bridgehead atoms. The predicted molar refractivity (Wildman–Crippen MR) is 91.0 cm³/mol. The van der Waals surface area contributed by atoms with Crippen LogP contribution in [0.2, 0.25) is 0 Å². The van der Waals surface area contributed by atoms with Crippen LogP contribution in [-0.2, 0) is 17.1 Å². The zero-order chi connectivity index (χ0) is 15.7. The summed E-state index contributed by atoms with van der Waals surface area (Å²) in [6, 6.07) is 9.61. The lowest BCUT2D eigenvalue weighted by atomic mass is 10.1. The minimum absolute atomic E-state index is 0. The maximum absolute atomic E-state index is 12.9. The molecular weight excluding hydrogens is 336 g/mol. The first kappa shape index (κ1) is 17.9. The first-order valence-corrected chi connectivity index (χ1v) is 8.66. The van der Waals surface area contributed by atoms with Crippen LogP contribution in [0, 0.1) is 0 Å². The second kappa shape index (κ2) is 7.00. The van der Waals surface area contributed by atoms with Crippen molar-refractivity contribution in [2.45, 2.75) is 10.9 Å². The third-order valence-corrected chi connectivity index (χ3v) is 5.87. The van der Waals surface area contributed by atoms with Crippen LogP contribution in [0.25, 0.3) is 0 Å². The quantitative estimate of drug-likeness (QED) is 0.836. The summed E-state index contributed by atoms with van der Waals surface area (Å²) >= 11 is 0. The first-order valence-electron chi connectivity index (χ1n) is 7.22. The van der Waals surface area contributed by atoms with Crippen LogP contribution in [0.1, 0.15) is 11.6 Å². The Morgan fingerprint density at radius 2 is 1.83 bits per heavy atom. The molecule has 1 saturated heterocycles. The minimum atomic E-state index is -3.54. The smallest absolute Gasteiger partial charge is 0.246 e. The van der Waals surface area contributed by atoms with Gasteiger partial charge in [-0.3, -0.25) is 4.68 Å². The van der Waals surface area contributed by atoms with E-state index in [-0.39, 0.29) is 23.3 Å². The second-order valence-electron chi connectivity index (χ2n) is 5.65. The number of rotatable bonds is 3. The highest BCUT2D eigenvalue weighted by atomic mass is 35.5. The van der Waals surface area contributed by atoms with E-state index in [0.29, 0.717) is 13.1 Å². The Morgan fingerprint density at radius 3 is 2.43 bits per heavy atom. The molecule has 2 aromatic rings. The van der Waals surface area contributed by atoms with Crippen LogP contribution in [0.5, 0.6) is 0 Å². The number of piperazine rings is 1. The molecule has 2 heterocycles. The number of sulfonamides is 1. The van der Waals surface area contributed by atoms with Gasteiger partial charge in [-0.1, -0.05) is 30.3 Å². The van der Waals surface area contributed by atoms with Crippen molar-refractivity contribution in [2.24, 2.45) is 7.05 Å². The van der Waals surface area contributed by atoms with Crippen molar-refractivity contribution < 1.29 is 8.42 Å². The molecule has 1 aromatic heterocycles. The molecule has 1 unspecified atom stereocenters. The molecule has 0 radical (unpaired) electrons. The number of hydrogen-bond donors (Lipinski definition) is 0. The van der Waals surface area contributed by atoms with Crippen LogP contribution in [-0.4, -0.2) is 54.1 Å². The van der Waals surface area contributed by atoms with Gasteiger partial charge in [-0.2, -0.15) is 9.40 Å². The summed E-state index contributed by atoms with van der Waals surface area (Å²) in [5.74, 6) is 0. The Balaban J connectivity index is 0.00000192. The molecule has 1 fully saturated rings. The summed E-state index contributed by atoms with van der Waals surface area (Å²) < 4.78 is 29.0. The van der Waals surface area contributed by atoms with Crippen molar-refractivity contribution in [3.8, 4) is 0 Å². The van der Waals surface area contributed by atoms with Gasteiger partial charge in [0.25, 0.3) is 0 Å². The third-order valence-electron chi connectivity index (χ3n) is 4.01. The maximum Gasteiger partial charge on any atom is 0.246 e. The van der Waals surface area contributed by atoms with Gasteiger partial charge in [-0.15, -0.1) is 12.4 Å². The fraction of sp³-hybridized carbons (Fsp3) is 0.400. The van der Waals surface area contributed by atoms with Gasteiger partial charge < -0.3 is 4.90 Å². The van der Waals surface area contributed by atoms with Crippen molar-refractivity contribution in [1.82, 2.24) is 19.0 Å². The zero-order valence-corrected chi connectivity index (χ0v) is 14.8. The highest BCUT2D eigenvalue weighted by Gasteiger charge is 2.36. The van der Waals surface area contributed by atoms with Gasteiger partial charge in [0.1, 0.15) is 4.90 Å². The number of likely N-dealkylation sites (N-methyl/N-ethyl adjacent to an activating group) is 1. The van der Waals surface area contributed by atoms with Crippen molar-refractivity contribution >= 4 is 22.4 Å². The molecule has 8 heteroatoms. The van der Waals surface area contributed by atoms with E-state index in [4.69, 9.17) is 0 Å². The fourth-order valence-electron chi connectivity index (χ4n) is 2.80. The van der Waals surface area contributed by atoms with Gasteiger partial charge in [0.2, 0.25) is 10.0 Å². The summed E-state index contributed by atoms with van der Waals surface area (Å²) in [5, 5.41) is 3.99. The van der Waals surface area contributed by atoms with Crippen LogP contribution >= 0.6 is 12.4 Å². The van der Waals surface area contributed by atoms with Gasteiger partial charge in [-0.05, 0) is 12.6 Å². The molecule has 0 amide bonds. The number of nitrogens with zero attached hydrogens (tertiary/aromatic N) is 4. The molecule has 23 heavy (non-hydrogen) atoms. The molecular formula is C15H21ClN4O2S. The van der Waals surface area contributed by atoms with E-state index in [2.05, 4.69) is 10.00 Å². The van der Waals surface area contributed by atoms with E-state index in [1.807, 2.05) is 37.4 Å². The molecule has 0 spiro atoms. The van der Waals surface area contributed by atoms with Gasteiger partial charge >= 0.3 is 0 Å². The largest absolute Gasteiger partial charge is 0.303 e. The monoisotopic (exact) mass is 356 g/mol. The van der Waals surface area contributed by atoms with Gasteiger partial charge in [0.05, 0.1) is 12.2 Å². The highest BCUT2D eigenvalue weighted by Crippen LogP contribution is 2.30. The molecule has 1 aliphatic heterocycles. The van der Waals surface area contributed by atoms with Crippen LogP contribution in [0.4, 0.5) is 0 Å². The SMILES string of the molecule is CN1CCN(S(=O)(=O)c2cnn(C)c2)C(c2ccccc2)C1.Cl. The molecule has 6 nitrogen and oxygen atoms in total. The summed E-state index contributed by atoms with van der Waals surface area (Å²) in [6.45, 7) is 1.89. The lowest BCUT2D eigenvalue weighted by Gasteiger charge is -2.39. The number of aryl methyl sites for hydroxylation is 1. The van der Waals surface area contributed by atoms with Crippen molar-refractivity contribution in [1.29, 1.82) is 0 Å². The normalized spacial score (nSPS) is 20.2. The highest BCUT2D eigenvalue weighted by molar-refractivity contribution is 7.89. The van der Waals surface area contributed by atoms with Crippen LogP contribution in [0.15, 0.2) is 47.6 Å². The van der Waals surface area contributed by atoms with E-state index in [0.717, 1.165) is 12.1 Å². The van der Waals surface area contributed by atoms with E-state index < -0.39 is 10.0 Å². The van der Waals surface area contributed by atoms with Crippen LogP contribution in [0.3, 0.4) is 0 Å².